The van der Waals surface area contributed by atoms with Crippen LogP contribution < -0.4 is 43.1 Å². The molecular weight excluding hydrogens is 628 g/mol. The minimum absolute atomic E-state index is 0.0171. The number of esters is 1. The summed E-state index contributed by atoms with van der Waals surface area (Å²) in [5.74, 6) is -5.05. The molecule has 47 heavy (non-hydrogen) atoms. The third-order valence-corrected chi connectivity index (χ3v) is 5.07. The predicted octanol–water partition coefficient (Wildman–Crippen LogP) is -4.05. The van der Waals surface area contributed by atoms with E-state index in [4.69, 9.17) is 20.0 Å². The van der Waals surface area contributed by atoms with Gasteiger partial charge in [0.25, 0.3) is 0 Å². The molecule has 0 heterocycles. The number of rotatable bonds is 19. The molecule has 0 aliphatic carbocycles. The molecule has 0 spiro atoms. The lowest BCUT2D eigenvalue weighted by molar-refractivity contribution is -0.156. The van der Waals surface area contributed by atoms with Crippen LogP contribution in [-0.2, 0) is 47.9 Å². The van der Waals surface area contributed by atoms with E-state index in [2.05, 4.69) is 31.9 Å². The lowest BCUT2D eigenvalue weighted by Gasteiger charge is -2.22. The topological polar surface area (TPSA) is 295 Å². The number of nitrogens with two attached hydrogens (primary N) is 1. The van der Waals surface area contributed by atoms with Gasteiger partial charge in [0.05, 0.1) is 39.4 Å². The van der Waals surface area contributed by atoms with E-state index in [0.29, 0.717) is 0 Å². The van der Waals surface area contributed by atoms with Crippen molar-refractivity contribution in [3.05, 3.63) is 0 Å². The van der Waals surface area contributed by atoms with Crippen molar-refractivity contribution in [2.45, 2.75) is 77.7 Å². The van der Waals surface area contributed by atoms with Crippen molar-refractivity contribution in [1.82, 2.24) is 37.4 Å². The summed E-state index contributed by atoms with van der Waals surface area (Å²) in [5, 5.41) is 23.0. The molecule has 0 aromatic carbocycles. The molecule has 0 saturated carbocycles. The number of hydroxylamine groups is 1. The van der Waals surface area contributed by atoms with Crippen molar-refractivity contribution in [2.24, 2.45) is 5.73 Å². The third kappa shape index (κ3) is 23.4. The van der Waals surface area contributed by atoms with Crippen LogP contribution in [0.4, 0.5) is 4.79 Å². The molecule has 10 N–H and O–H groups in total. The Morgan fingerprint density at radius 1 is 0.681 bits per heavy atom. The molecule has 0 unspecified atom stereocenters. The molecule has 0 saturated heterocycles. The Kier molecular flexibility index (Phi) is 19.2. The Bertz CT molecular complexity index is 1100. The minimum Gasteiger partial charge on any atom is -0.459 e. The Morgan fingerprint density at radius 2 is 1.15 bits per heavy atom. The molecule has 0 fully saturated rings. The number of carbonyl (C=O) groups is 8. The minimum atomic E-state index is -1.40. The first-order valence-electron chi connectivity index (χ1n) is 14.6. The SMILES string of the molecule is CC(C)(C)OC(=O)NOCCNC(=O)CNC(=O)CNC(=O)CNC(=O)CNC(=O)[C@H](CO)NC(=O)CC[C@H](N)C(=O)OC(C)(C)C. The molecule has 0 aromatic heterocycles. The Hall–Kier alpha value is -4.56. The van der Waals surface area contributed by atoms with Gasteiger partial charge in [-0.15, -0.1) is 0 Å². The van der Waals surface area contributed by atoms with Crippen LogP contribution in [-0.4, -0.2) is 122 Å². The van der Waals surface area contributed by atoms with Crippen molar-refractivity contribution in [3.8, 4) is 0 Å². The van der Waals surface area contributed by atoms with Gasteiger partial charge in [-0.2, -0.15) is 5.48 Å². The van der Waals surface area contributed by atoms with E-state index in [1.165, 1.54) is 0 Å². The number of amides is 7. The van der Waals surface area contributed by atoms with Crippen molar-refractivity contribution in [1.29, 1.82) is 0 Å². The van der Waals surface area contributed by atoms with E-state index in [9.17, 15) is 43.5 Å². The summed E-state index contributed by atoms with van der Waals surface area (Å²) in [7, 11) is 0. The van der Waals surface area contributed by atoms with E-state index in [1.807, 2.05) is 5.48 Å². The molecule has 2 atom stereocenters. The molecular formula is C27H48N8O12. The second kappa shape index (κ2) is 21.3. The van der Waals surface area contributed by atoms with Crippen molar-refractivity contribution >= 4 is 47.5 Å². The first-order chi connectivity index (χ1) is 21.7. The third-order valence-electron chi connectivity index (χ3n) is 5.07. The van der Waals surface area contributed by atoms with E-state index >= 15 is 0 Å². The highest BCUT2D eigenvalue weighted by atomic mass is 16.7. The van der Waals surface area contributed by atoms with E-state index in [0.717, 1.165) is 0 Å². The highest BCUT2D eigenvalue weighted by Gasteiger charge is 2.25. The fourth-order valence-corrected chi connectivity index (χ4v) is 2.97. The lowest BCUT2D eigenvalue weighted by Crippen LogP contribution is -2.51. The number of hydrogen-bond donors (Lipinski definition) is 9. The fourth-order valence-electron chi connectivity index (χ4n) is 2.97. The standard InChI is InChI=1S/C27H48N8O12/c1-26(2,3)46-24(43)16(28)7-8-18(37)34-17(15-36)23(42)33-14-22(41)32-13-21(40)31-12-20(39)30-11-19(38)29-9-10-45-35-25(44)47-27(4,5)6/h16-17,36H,7-15,28H2,1-6H3,(H,29,38)(H,30,39)(H,31,40)(H,32,41)(H,33,42)(H,34,37)(H,35,44)/t16-,17-/m0/s1. The molecule has 0 aromatic rings. The van der Waals surface area contributed by atoms with Gasteiger partial charge >= 0.3 is 12.1 Å². The molecule has 20 heteroatoms. The summed E-state index contributed by atoms with van der Waals surface area (Å²) in [4.78, 5) is 100. The highest BCUT2D eigenvalue weighted by molar-refractivity contribution is 5.93. The Labute approximate surface area is 272 Å². The van der Waals surface area contributed by atoms with Gasteiger partial charge in [0.15, 0.2) is 0 Å². The molecule has 0 aliphatic heterocycles. The van der Waals surface area contributed by atoms with Gasteiger partial charge < -0.3 is 52.2 Å². The zero-order valence-electron chi connectivity index (χ0n) is 27.5. The molecule has 7 amide bonds. The number of aliphatic hydroxyl groups excluding tert-OH is 1. The predicted molar refractivity (Wildman–Crippen MR) is 162 cm³/mol. The highest BCUT2D eigenvalue weighted by Crippen LogP contribution is 2.09. The summed E-state index contributed by atoms with van der Waals surface area (Å²) in [5.41, 5.74) is 6.30. The molecule has 0 bridgehead atoms. The number of ether oxygens (including phenoxy) is 2. The zero-order chi connectivity index (χ0) is 36.2. The zero-order valence-corrected chi connectivity index (χ0v) is 27.5. The maximum Gasteiger partial charge on any atom is 0.431 e. The first-order valence-corrected chi connectivity index (χ1v) is 14.6. The van der Waals surface area contributed by atoms with E-state index in [1.54, 1.807) is 41.5 Å². The summed E-state index contributed by atoms with van der Waals surface area (Å²) in [6.07, 6.45) is -1.11. The fraction of sp³-hybridized carbons (Fsp3) is 0.704. The van der Waals surface area contributed by atoms with Crippen LogP contribution in [0.25, 0.3) is 0 Å². The van der Waals surface area contributed by atoms with Crippen LogP contribution in [0.5, 0.6) is 0 Å². The average Bonchev–Trinajstić information content (AvgIpc) is 2.95. The average molecular weight is 677 g/mol. The van der Waals surface area contributed by atoms with Gasteiger partial charge in [-0.05, 0) is 48.0 Å². The number of aliphatic hydroxyl groups is 1. The maximum atomic E-state index is 12.3. The molecule has 0 rings (SSSR count). The van der Waals surface area contributed by atoms with Gasteiger partial charge in [-0.1, -0.05) is 0 Å². The molecule has 0 radical (unpaired) electrons. The van der Waals surface area contributed by atoms with Crippen molar-refractivity contribution in [2.75, 3.05) is 45.9 Å². The normalized spacial score (nSPS) is 12.3. The van der Waals surface area contributed by atoms with Crippen molar-refractivity contribution in [3.63, 3.8) is 0 Å². The molecule has 20 nitrogen and oxygen atoms in total. The van der Waals surface area contributed by atoms with Crippen LogP contribution in [0, 0.1) is 0 Å². The Balaban J connectivity index is 4.18. The van der Waals surface area contributed by atoms with E-state index in [-0.39, 0.29) is 26.0 Å². The number of hydrogen-bond acceptors (Lipinski definition) is 13. The first kappa shape index (κ1) is 42.4. The van der Waals surface area contributed by atoms with Gasteiger partial charge in [-0.25, -0.2) is 4.79 Å². The van der Waals surface area contributed by atoms with Crippen molar-refractivity contribution < 1.29 is 57.8 Å². The smallest absolute Gasteiger partial charge is 0.431 e. The molecule has 0 aliphatic rings. The maximum absolute atomic E-state index is 12.3. The monoisotopic (exact) mass is 676 g/mol. The van der Waals surface area contributed by atoms with Gasteiger partial charge in [0.2, 0.25) is 35.4 Å². The van der Waals surface area contributed by atoms with Gasteiger partial charge in [0, 0.05) is 13.0 Å². The second-order valence-corrected chi connectivity index (χ2v) is 11.8. The second-order valence-electron chi connectivity index (χ2n) is 11.8. The van der Waals surface area contributed by atoms with E-state index < -0.39 is 104 Å². The molecule has 268 valence electrons. The summed E-state index contributed by atoms with van der Waals surface area (Å²) < 4.78 is 10.1. The van der Waals surface area contributed by atoms with Gasteiger partial charge in [-0.3, -0.25) is 38.4 Å². The van der Waals surface area contributed by atoms with Crippen LogP contribution in [0.2, 0.25) is 0 Å². The summed E-state index contributed by atoms with van der Waals surface area (Å²) >= 11 is 0. The van der Waals surface area contributed by atoms with Crippen LogP contribution in [0.3, 0.4) is 0 Å². The van der Waals surface area contributed by atoms with Gasteiger partial charge in [0.1, 0.15) is 23.3 Å². The summed E-state index contributed by atoms with van der Waals surface area (Å²) in [6, 6.07) is -2.47. The Morgan fingerprint density at radius 3 is 1.62 bits per heavy atom. The van der Waals surface area contributed by atoms with Crippen LogP contribution >= 0.6 is 0 Å². The summed E-state index contributed by atoms with van der Waals surface area (Å²) in [6.45, 7) is 7.14. The largest absolute Gasteiger partial charge is 0.459 e. The van der Waals surface area contributed by atoms with Crippen LogP contribution in [0.1, 0.15) is 54.4 Å². The number of carbonyl (C=O) groups excluding carboxylic acids is 8. The lowest BCUT2D eigenvalue weighted by atomic mass is 10.1. The number of nitrogens with one attached hydrogen (secondary N) is 7. The quantitative estimate of drug-likeness (QED) is 0.0358. The van der Waals surface area contributed by atoms with Crippen LogP contribution in [0.15, 0.2) is 0 Å².